The molecule has 1 aromatic rings. The van der Waals surface area contributed by atoms with Crippen molar-refractivity contribution in [2.45, 2.75) is 38.5 Å². The molecule has 122 valence electrons. The van der Waals surface area contributed by atoms with E-state index >= 15 is 0 Å². The van der Waals surface area contributed by atoms with Gasteiger partial charge in [0.25, 0.3) is 5.91 Å². The largest absolute Gasteiger partial charge is 0.379 e. The predicted octanol–water partition coefficient (Wildman–Crippen LogP) is 2.47. The van der Waals surface area contributed by atoms with Gasteiger partial charge in [0, 0.05) is 24.5 Å². The van der Waals surface area contributed by atoms with Crippen molar-refractivity contribution in [2.75, 3.05) is 39.4 Å². The number of carbonyl (C=O) groups is 1. The number of unbranched alkanes of at least 4 members (excludes halogenated alkanes) is 1. The number of rotatable bonds is 6. The molecule has 1 aromatic heterocycles. The van der Waals surface area contributed by atoms with Gasteiger partial charge >= 0.3 is 0 Å². The summed E-state index contributed by atoms with van der Waals surface area (Å²) in [6, 6.07) is 2.11. The number of fused-ring (bicyclic) bond motifs is 1. The quantitative estimate of drug-likeness (QED) is 0.818. The second-order valence-electron chi connectivity index (χ2n) is 6.18. The van der Waals surface area contributed by atoms with E-state index in [2.05, 4.69) is 16.3 Å². The molecule has 3 rings (SSSR count). The molecule has 1 aliphatic carbocycles. The normalized spacial score (nSPS) is 18.9. The van der Waals surface area contributed by atoms with E-state index in [1.807, 2.05) is 0 Å². The van der Waals surface area contributed by atoms with Gasteiger partial charge in [-0.2, -0.15) is 0 Å². The van der Waals surface area contributed by atoms with Crippen molar-refractivity contribution in [3.8, 4) is 0 Å². The summed E-state index contributed by atoms with van der Waals surface area (Å²) in [7, 11) is 0. The second kappa shape index (κ2) is 8.09. The van der Waals surface area contributed by atoms with Crippen LogP contribution in [0.1, 0.15) is 45.8 Å². The Bertz CT molecular complexity index is 471. The molecule has 4 nitrogen and oxygen atoms in total. The highest BCUT2D eigenvalue weighted by Crippen LogP contribution is 2.29. The minimum absolute atomic E-state index is 0.116. The maximum Gasteiger partial charge on any atom is 0.261 e. The van der Waals surface area contributed by atoms with Gasteiger partial charge in [0.05, 0.1) is 18.1 Å². The molecule has 0 atom stereocenters. The van der Waals surface area contributed by atoms with Crippen LogP contribution in [-0.2, 0) is 17.6 Å². The number of carbonyl (C=O) groups excluding carboxylic acids is 1. The fourth-order valence-corrected chi connectivity index (χ4v) is 4.35. The number of thiophene rings is 1. The van der Waals surface area contributed by atoms with Crippen LogP contribution in [0.3, 0.4) is 0 Å². The van der Waals surface area contributed by atoms with E-state index in [-0.39, 0.29) is 5.91 Å². The van der Waals surface area contributed by atoms with Crippen LogP contribution < -0.4 is 5.32 Å². The van der Waals surface area contributed by atoms with Crippen molar-refractivity contribution in [1.82, 2.24) is 10.2 Å². The molecule has 1 aliphatic heterocycles. The average molecular weight is 322 g/mol. The first-order valence-corrected chi connectivity index (χ1v) is 9.34. The highest BCUT2D eigenvalue weighted by molar-refractivity contribution is 7.14. The summed E-state index contributed by atoms with van der Waals surface area (Å²) < 4.78 is 5.34. The van der Waals surface area contributed by atoms with Crippen LogP contribution in [0, 0.1) is 0 Å². The summed E-state index contributed by atoms with van der Waals surface area (Å²) in [5.74, 6) is 0.116. The first-order valence-electron chi connectivity index (χ1n) is 8.53. The van der Waals surface area contributed by atoms with Crippen LogP contribution in [-0.4, -0.2) is 50.2 Å². The number of amides is 1. The van der Waals surface area contributed by atoms with Gasteiger partial charge in [-0.05, 0) is 56.7 Å². The lowest BCUT2D eigenvalue weighted by Gasteiger charge is -2.26. The molecule has 0 unspecified atom stereocenters. The van der Waals surface area contributed by atoms with Gasteiger partial charge in [0.1, 0.15) is 0 Å². The smallest absolute Gasteiger partial charge is 0.261 e. The molecule has 0 spiro atoms. The zero-order chi connectivity index (χ0) is 15.2. The molecule has 0 radical (unpaired) electrons. The van der Waals surface area contributed by atoms with Gasteiger partial charge in [0.2, 0.25) is 0 Å². The predicted molar refractivity (Wildman–Crippen MR) is 89.8 cm³/mol. The lowest BCUT2D eigenvalue weighted by Crippen LogP contribution is -2.37. The van der Waals surface area contributed by atoms with Crippen molar-refractivity contribution in [3.63, 3.8) is 0 Å². The molecular formula is C17H26N2O2S. The van der Waals surface area contributed by atoms with E-state index < -0.39 is 0 Å². The Morgan fingerprint density at radius 1 is 1.23 bits per heavy atom. The molecule has 1 amide bonds. The minimum Gasteiger partial charge on any atom is -0.379 e. The van der Waals surface area contributed by atoms with Gasteiger partial charge in [-0.15, -0.1) is 11.3 Å². The molecule has 0 aromatic carbocycles. The van der Waals surface area contributed by atoms with E-state index in [4.69, 9.17) is 4.74 Å². The van der Waals surface area contributed by atoms with Crippen molar-refractivity contribution in [3.05, 3.63) is 21.4 Å². The number of nitrogens with zero attached hydrogens (tertiary/aromatic N) is 1. The highest BCUT2D eigenvalue weighted by atomic mass is 32.1. The van der Waals surface area contributed by atoms with Gasteiger partial charge in [-0.25, -0.2) is 0 Å². The Hall–Kier alpha value is -0.910. The zero-order valence-electron chi connectivity index (χ0n) is 13.2. The standard InChI is InChI=1S/C17H26N2O2S/c20-17(16-13-14-5-1-2-6-15(14)22-16)18-7-3-4-8-19-9-11-21-12-10-19/h13H,1-12H2,(H,18,20). The Morgan fingerprint density at radius 3 is 2.86 bits per heavy atom. The van der Waals surface area contributed by atoms with E-state index in [1.165, 1.54) is 23.3 Å². The lowest BCUT2D eigenvalue weighted by atomic mass is 9.99. The monoisotopic (exact) mass is 322 g/mol. The van der Waals surface area contributed by atoms with Crippen LogP contribution in [0.25, 0.3) is 0 Å². The van der Waals surface area contributed by atoms with Crippen molar-refractivity contribution in [1.29, 1.82) is 0 Å². The molecule has 2 aliphatic rings. The van der Waals surface area contributed by atoms with Crippen molar-refractivity contribution in [2.24, 2.45) is 0 Å². The Morgan fingerprint density at radius 2 is 2.05 bits per heavy atom. The van der Waals surface area contributed by atoms with Crippen molar-refractivity contribution >= 4 is 17.2 Å². The van der Waals surface area contributed by atoms with E-state index in [1.54, 1.807) is 11.3 Å². The minimum atomic E-state index is 0.116. The summed E-state index contributed by atoms with van der Waals surface area (Å²) in [4.78, 5) is 17.0. The summed E-state index contributed by atoms with van der Waals surface area (Å²) in [5, 5.41) is 3.07. The number of morpholine rings is 1. The number of ether oxygens (including phenoxy) is 1. The number of nitrogens with one attached hydrogen (secondary N) is 1. The maximum absolute atomic E-state index is 12.2. The molecule has 2 heterocycles. The molecular weight excluding hydrogens is 296 g/mol. The Kier molecular flexibility index (Phi) is 5.87. The van der Waals surface area contributed by atoms with E-state index in [0.29, 0.717) is 0 Å². The fraction of sp³-hybridized carbons (Fsp3) is 0.706. The van der Waals surface area contributed by atoms with Crippen LogP contribution in [0.5, 0.6) is 0 Å². The highest BCUT2D eigenvalue weighted by Gasteiger charge is 2.17. The molecule has 0 bridgehead atoms. The Labute approximate surface area is 136 Å². The van der Waals surface area contributed by atoms with Crippen LogP contribution in [0.2, 0.25) is 0 Å². The van der Waals surface area contributed by atoms with E-state index in [9.17, 15) is 4.79 Å². The molecule has 1 N–H and O–H groups in total. The topological polar surface area (TPSA) is 41.6 Å². The molecule has 5 heteroatoms. The summed E-state index contributed by atoms with van der Waals surface area (Å²) >= 11 is 1.70. The van der Waals surface area contributed by atoms with E-state index in [0.717, 1.165) is 70.0 Å². The number of hydrogen-bond donors (Lipinski definition) is 1. The SMILES string of the molecule is O=C(NCCCCN1CCOCC1)c1cc2c(s1)CCCC2. The third kappa shape index (κ3) is 4.31. The van der Waals surface area contributed by atoms with Gasteiger partial charge in [-0.1, -0.05) is 0 Å². The van der Waals surface area contributed by atoms with Crippen LogP contribution in [0.4, 0.5) is 0 Å². The third-order valence-electron chi connectivity index (χ3n) is 4.51. The molecule has 22 heavy (non-hydrogen) atoms. The Balaban J connectivity index is 1.34. The zero-order valence-corrected chi connectivity index (χ0v) is 14.1. The summed E-state index contributed by atoms with van der Waals surface area (Å²) in [6.07, 6.45) is 7.04. The second-order valence-corrected chi connectivity index (χ2v) is 7.32. The average Bonchev–Trinajstić information content (AvgIpc) is 2.99. The first-order chi connectivity index (χ1) is 10.8. The third-order valence-corrected chi connectivity index (χ3v) is 5.75. The van der Waals surface area contributed by atoms with Crippen molar-refractivity contribution < 1.29 is 9.53 Å². The van der Waals surface area contributed by atoms with Crippen LogP contribution >= 0.6 is 11.3 Å². The first kappa shape index (κ1) is 16.0. The van der Waals surface area contributed by atoms with Gasteiger partial charge < -0.3 is 10.1 Å². The van der Waals surface area contributed by atoms with Gasteiger partial charge in [-0.3, -0.25) is 9.69 Å². The molecule has 0 saturated carbocycles. The fourth-order valence-electron chi connectivity index (χ4n) is 3.18. The van der Waals surface area contributed by atoms with Gasteiger partial charge in [0.15, 0.2) is 0 Å². The lowest BCUT2D eigenvalue weighted by molar-refractivity contribution is 0.0372. The summed E-state index contributed by atoms with van der Waals surface area (Å²) in [6.45, 7) is 5.72. The van der Waals surface area contributed by atoms with Crippen LogP contribution in [0.15, 0.2) is 6.07 Å². The number of aryl methyl sites for hydroxylation is 2. The maximum atomic E-state index is 12.2. The number of hydrogen-bond acceptors (Lipinski definition) is 4. The summed E-state index contributed by atoms with van der Waals surface area (Å²) in [5.41, 5.74) is 1.41. The molecule has 1 fully saturated rings. The molecule has 1 saturated heterocycles.